The number of hydrogen-bond donors (Lipinski definition) is 3. The van der Waals surface area contributed by atoms with Gasteiger partial charge in [-0.25, -0.2) is 9.78 Å². The van der Waals surface area contributed by atoms with Crippen LogP contribution in [0.1, 0.15) is 74.8 Å². The standard InChI is InChI=1S/C14H17N3O4S.C9H18O.CH5N/c1-5-6-11-17-10(7-22-11)13(19)15-8(2)12(18)16-9(3)14(20)21-4;1-3-5-9(6-4-2)7-8-10;1-2/h7H,2-3,5-6H2,1,4H3,(H,15,19)(H,16,18);8-9H,3-7H2,1-2H3;2H2,1H3. The predicted molar refractivity (Wildman–Crippen MR) is 136 cm³/mol. The number of aromatic nitrogens is 1. The largest absolute Gasteiger partial charge is 0.464 e. The Morgan fingerprint density at radius 2 is 1.68 bits per heavy atom. The van der Waals surface area contributed by atoms with Gasteiger partial charge in [0.15, 0.2) is 0 Å². The van der Waals surface area contributed by atoms with Crippen molar-refractivity contribution < 1.29 is 23.9 Å². The quantitative estimate of drug-likeness (QED) is 0.216. The third-order valence-electron chi connectivity index (χ3n) is 4.31. The highest BCUT2D eigenvalue weighted by Gasteiger charge is 2.17. The molecule has 0 unspecified atom stereocenters. The summed E-state index contributed by atoms with van der Waals surface area (Å²) in [4.78, 5) is 49.1. The SMILES string of the molecule is C=C(NC(=O)c1csc(CCC)n1)C(=O)NC(=C)C(=O)OC.CCCC(CC=O)CCC.CN. The topological polar surface area (TPSA) is 140 Å². The molecule has 0 saturated heterocycles. The van der Waals surface area contributed by atoms with E-state index in [0.29, 0.717) is 5.92 Å². The molecule has 0 atom stereocenters. The van der Waals surface area contributed by atoms with Gasteiger partial charge in [0.05, 0.1) is 17.8 Å². The van der Waals surface area contributed by atoms with E-state index < -0.39 is 17.8 Å². The molecule has 1 aromatic heterocycles. The zero-order valence-electron chi connectivity index (χ0n) is 21.1. The van der Waals surface area contributed by atoms with Crippen LogP contribution >= 0.6 is 11.3 Å². The molecule has 0 aliphatic rings. The van der Waals surface area contributed by atoms with Crippen LogP contribution in [-0.2, 0) is 25.5 Å². The first-order valence-electron chi connectivity index (χ1n) is 11.3. The Morgan fingerprint density at radius 1 is 1.09 bits per heavy atom. The minimum Gasteiger partial charge on any atom is -0.464 e. The predicted octanol–water partition coefficient (Wildman–Crippen LogP) is 3.51. The van der Waals surface area contributed by atoms with Crippen LogP contribution in [0.4, 0.5) is 0 Å². The summed E-state index contributed by atoms with van der Waals surface area (Å²) in [6.45, 7) is 13.1. The molecule has 0 spiro atoms. The Morgan fingerprint density at radius 3 is 2.15 bits per heavy atom. The van der Waals surface area contributed by atoms with Gasteiger partial charge in [0.1, 0.15) is 17.7 Å². The van der Waals surface area contributed by atoms with Gasteiger partial charge in [-0.05, 0) is 25.8 Å². The van der Waals surface area contributed by atoms with Gasteiger partial charge in [0, 0.05) is 11.8 Å². The number of carbonyl (C=O) groups is 4. The summed E-state index contributed by atoms with van der Waals surface area (Å²) >= 11 is 1.38. The van der Waals surface area contributed by atoms with Gasteiger partial charge < -0.3 is 25.9 Å². The average molecular weight is 497 g/mol. The molecule has 4 N–H and O–H groups in total. The van der Waals surface area contributed by atoms with Gasteiger partial charge in [-0.2, -0.15) is 0 Å². The molecule has 9 nitrogen and oxygen atoms in total. The van der Waals surface area contributed by atoms with E-state index in [1.807, 2.05) is 6.92 Å². The Bertz CT molecular complexity index is 786. The van der Waals surface area contributed by atoms with Crippen molar-refractivity contribution in [2.45, 2.75) is 65.7 Å². The van der Waals surface area contributed by atoms with Gasteiger partial charge in [-0.1, -0.05) is 59.6 Å². The second kappa shape index (κ2) is 20.7. The fourth-order valence-electron chi connectivity index (χ4n) is 2.72. The van der Waals surface area contributed by atoms with Gasteiger partial charge in [0.2, 0.25) is 0 Å². The third kappa shape index (κ3) is 14.3. The van der Waals surface area contributed by atoms with Crippen molar-refractivity contribution in [2.24, 2.45) is 11.7 Å². The number of amides is 2. The molecule has 0 radical (unpaired) electrons. The van der Waals surface area contributed by atoms with Crippen LogP contribution in [-0.4, -0.2) is 43.2 Å². The molecule has 1 rings (SSSR count). The maximum Gasteiger partial charge on any atom is 0.353 e. The lowest BCUT2D eigenvalue weighted by Gasteiger charge is -2.09. The van der Waals surface area contributed by atoms with Crippen LogP contribution in [0.15, 0.2) is 29.9 Å². The number of hydrogen-bond acceptors (Lipinski definition) is 8. The van der Waals surface area contributed by atoms with E-state index >= 15 is 0 Å². The molecule has 0 fully saturated rings. The summed E-state index contributed by atoms with van der Waals surface area (Å²) < 4.78 is 4.39. The van der Waals surface area contributed by atoms with Crippen molar-refractivity contribution in [3.63, 3.8) is 0 Å². The van der Waals surface area contributed by atoms with E-state index in [0.717, 1.165) is 37.7 Å². The number of nitrogens with two attached hydrogens (primary N) is 1. The first-order valence-corrected chi connectivity index (χ1v) is 12.2. The highest BCUT2D eigenvalue weighted by molar-refractivity contribution is 7.09. The minimum atomic E-state index is -0.781. The number of rotatable bonds is 13. The van der Waals surface area contributed by atoms with Crippen molar-refractivity contribution in [1.82, 2.24) is 15.6 Å². The maximum absolute atomic E-state index is 11.9. The zero-order valence-corrected chi connectivity index (χ0v) is 21.9. The summed E-state index contributed by atoms with van der Waals surface area (Å²) in [5, 5.41) is 6.95. The molecule has 1 aromatic rings. The van der Waals surface area contributed by atoms with E-state index in [9.17, 15) is 19.2 Å². The van der Waals surface area contributed by atoms with Crippen LogP contribution in [0.2, 0.25) is 0 Å². The van der Waals surface area contributed by atoms with E-state index in [-0.39, 0.29) is 17.1 Å². The lowest BCUT2D eigenvalue weighted by Crippen LogP contribution is -2.35. The van der Waals surface area contributed by atoms with Crippen molar-refractivity contribution >= 4 is 35.4 Å². The lowest BCUT2D eigenvalue weighted by atomic mass is 9.96. The number of thiazole rings is 1. The second-order valence-electron chi connectivity index (χ2n) is 7.08. The highest BCUT2D eigenvalue weighted by Crippen LogP contribution is 2.15. The summed E-state index contributed by atoms with van der Waals surface area (Å²) in [6.07, 6.45) is 8.38. The number of aryl methyl sites for hydroxylation is 1. The normalized spacial score (nSPS) is 9.50. The molecule has 0 aliphatic heterocycles. The van der Waals surface area contributed by atoms with E-state index in [1.54, 1.807) is 5.38 Å². The van der Waals surface area contributed by atoms with Crippen LogP contribution in [0.5, 0.6) is 0 Å². The smallest absolute Gasteiger partial charge is 0.353 e. The minimum absolute atomic E-state index is 0.217. The fourth-order valence-corrected chi connectivity index (χ4v) is 3.60. The number of aldehydes is 1. The van der Waals surface area contributed by atoms with Gasteiger partial charge in [0.25, 0.3) is 11.8 Å². The first kappa shape index (κ1) is 33.3. The molecular formula is C24H40N4O5S. The Hall–Kier alpha value is -2.85. The molecular weight excluding hydrogens is 456 g/mol. The lowest BCUT2D eigenvalue weighted by molar-refractivity contribution is -0.137. The number of methoxy groups -OCH3 is 1. The fraction of sp³-hybridized carbons (Fsp3) is 0.542. The van der Waals surface area contributed by atoms with Crippen molar-refractivity contribution in [3.05, 3.63) is 40.6 Å². The average Bonchev–Trinajstić information content (AvgIpc) is 3.29. The summed E-state index contributed by atoms with van der Waals surface area (Å²) in [7, 11) is 2.66. The van der Waals surface area contributed by atoms with Crippen LogP contribution in [0.3, 0.4) is 0 Å². The van der Waals surface area contributed by atoms with Crippen molar-refractivity contribution in [3.8, 4) is 0 Å². The zero-order chi connectivity index (χ0) is 26.5. The van der Waals surface area contributed by atoms with Crippen LogP contribution in [0.25, 0.3) is 0 Å². The Labute approximate surface area is 207 Å². The molecule has 0 aliphatic carbocycles. The molecule has 0 aromatic carbocycles. The number of esters is 1. The molecule has 0 saturated carbocycles. The van der Waals surface area contributed by atoms with E-state index in [2.05, 4.69) is 53.1 Å². The number of nitrogens with one attached hydrogen (secondary N) is 2. The number of carbonyl (C=O) groups excluding carboxylic acids is 4. The van der Waals surface area contributed by atoms with E-state index in [4.69, 9.17) is 0 Å². The Balaban J connectivity index is 0. The second-order valence-corrected chi connectivity index (χ2v) is 8.02. The Kier molecular flexibility index (Phi) is 20.3. The molecule has 192 valence electrons. The molecule has 0 bridgehead atoms. The number of ether oxygens (including phenoxy) is 1. The maximum atomic E-state index is 11.9. The monoisotopic (exact) mass is 496 g/mol. The summed E-state index contributed by atoms with van der Waals surface area (Å²) in [6, 6.07) is 0. The highest BCUT2D eigenvalue weighted by atomic mass is 32.1. The molecule has 10 heteroatoms. The van der Waals surface area contributed by atoms with Gasteiger partial charge >= 0.3 is 5.97 Å². The van der Waals surface area contributed by atoms with Gasteiger partial charge in [-0.15, -0.1) is 11.3 Å². The van der Waals surface area contributed by atoms with Crippen molar-refractivity contribution in [2.75, 3.05) is 14.2 Å². The van der Waals surface area contributed by atoms with Gasteiger partial charge in [-0.3, -0.25) is 9.59 Å². The van der Waals surface area contributed by atoms with Crippen LogP contribution < -0.4 is 16.4 Å². The number of nitrogens with zero attached hydrogens (tertiary/aromatic N) is 1. The first-order chi connectivity index (χ1) is 16.2. The van der Waals surface area contributed by atoms with Crippen LogP contribution in [0, 0.1) is 5.92 Å². The molecule has 2 amide bonds. The van der Waals surface area contributed by atoms with Crippen molar-refractivity contribution in [1.29, 1.82) is 0 Å². The summed E-state index contributed by atoms with van der Waals surface area (Å²) in [5.74, 6) is -1.42. The van der Waals surface area contributed by atoms with E-state index in [1.165, 1.54) is 44.1 Å². The molecule has 1 heterocycles. The summed E-state index contributed by atoms with van der Waals surface area (Å²) in [5.41, 5.74) is 4.25. The molecule has 34 heavy (non-hydrogen) atoms. The third-order valence-corrected chi connectivity index (χ3v) is 5.21.